The van der Waals surface area contributed by atoms with Gasteiger partial charge in [0.2, 0.25) is 0 Å². The minimum atomic E-state index is -4.46. The van der Waals surface area contributed by atoms with E-state index in [1.807, 2.05) is 0 Å². The van der Waals surface area contributed by atoms with Gasteiger partial charge in [0.25, 0.3) is 0 Å². The van der Waals surface area contributed by atoms with Crippen LogP contribution in [0.2, 0.25) is 0 Å². The maximum atomic E-state index is 12.8. The van der Waals surface area contributed by atoms with Crippen LogP contribution in [-0.2, 0) is 19.1 Å². The molecule has 1 heterocycles. The Morgan fingerprint density at radius 2 is 2.05 bits per heavy atom. The topological polar surface area (TPSA) is 27.1 Å². The van der Waals surface area contributed by atoms with Gasteiger partial charge in [0.15, 0.2) is 5.75 Å². The number of rotatable bonds is 3. The van der Waals surface area contributed by atoms with Crippen molar-refractivity contribution in [3.63, 3.8) is 0 Å². The van der Waals surface area contributed by atoms with Crippen LogP contribution in [0.15, 0.2) is 30.6 Å². The van der Waals surface area contributed by atoms with Crippen LogP contribution in [0.25, 0.3) is 0 Å². The Labute approximate surface area is 112 Å². The van der Waals surface area contributed by atoms with Crippen LogP contribution < -0.4 is 4.74 Å². The monoisotopic (exact) mass is 290 g/mol. The third-order valence-corrected chi connectivity index (χ3v) is 2.74. The van der Waals surface area contributed by atoms with Crippen molar-refractivity contribution in [1.82, 2.24) is 9.78 Å². The Kier molecular flexibility index (Phi) is 3.71. The van der Waals surface area contributed by atoms with E-state index < -0.39 is 11.7 Å². The Hall–Kier alpha value is -1.69. The lowest BCUT2D eigenvalue weighted by molar-refractivity contribution is -0.138. The first-order valence-electron chi connectivity index (χ1n) is 5.33. The van der Waals surface area contributed by atoms with E-state index in [4.69, 9.17) is 16.3 Å². The van der Waals surface area contributed by atoms with Crippen molar-refractivity contribution in [1.29, 1.82) is 0 Å². The maximum Gasteiger partial charge on any atom is 0.416 e. The molecule has 0 fully saturated rings. The van der Waals surface area contributed by atoms with Gasteiger partial charge >= 0.3 is 6.18 Å². The number of nitrogens with zero attached hydrogens (tertiary/aromatic N) is 2. The minimum Gasteiger partial charge on any atom is -0.454 e. The van der Waals surface area contributed by atoms with Gasteiger partial charge in [0.05, 0.1) is 18.0 Å². The molecule has 0 N–H and O–H groups in total. The Bertz CT molecular complexity index is 581. The largest absolute Gasteiger partial charge is 0.454 e. The summed E-state index contributed by atoms with van der Waals surface area (Å²) in [6, 6.07) is 3.69. The first-order chi connectivity index (χ1) is 8.90. The molecule has 2 aromatic rings. The van der Waals surface area contributed by atoms with E-state index in [2.05, 4.69) is 5.10 Å². The van der Waals surface area contributed by atoms with Gasteiger partial charge < -0.3 is 4.74 Å². The summed E-state index contributed by atoms with van der Waals surface area (Å²) in [4.78, 5) is 0. The molecule has 102 valence electrons. The van der Waals surface area contributed by atoms with Crippen molar-refractivity contribution in [2.45, 2.75) is 12.1 Å². The number of alkyl halides is 4. The third kappa shape index (κ3) is 3.20. The first-order valence-corrected chi connectivity index (χ1v) is 5.86. The number of halogens is 4. The molecular weight excluding hydrogens is 281 g/mol. The van der Waals surface area contributed by atoms with E-state index in [1.165, 1.54) is 23.0 Å². The lowest BCUT2D eigenvalue weighted by Gasteiger charge is -2.13. The molecule has 7 heteroatoms. The quantitative estimate of drug-likeness (QED) is 0.800. The van der Waals surface area contributed by atoms with Crippen molar-refractivity contribution in [2.75, 3.05) is 0 Å². The smallest absolute Gasteiger partial charge is 0.416 e. The lowest BCUT2D eigenvalue weighted by atomic mass is 10.1. The van der Waals surface area contributed by atoms with Crippen molar-refractivity contribution < 1.29 is 17.9 Å². The fraction of sp³-hybridized carbons (Fsp3) is 0.250. The van der Waals surface area contributed by atoms with Crippen LogP contribution in [0.3, 0.4) is 0 Å². The summed E-state index contributed by atoms with van der Waals surface area (Å²) >= 11 is 5.50. The molecule has 0 saturated carbocycles. The summed E-state index contributed by atoms with van der Waals surface area (Å²) in [6.45, 7) is 0. The molecular formula is C12H10ClF3N2O. The van der Waals surface area contributed by atoms with Gasteiger partial charge in [-0.2, -0.15) is 18.3 Å². The number of hydrogen-bond acceptors (Lipinski definition) is 2. The summed E-state index contributed by atoms with van der Waals surface area (Å²) in [5, 5.41) is 3.87. The van der Waals surface area contributed by atoms with Gasteiger partial charge in [-0.15, -0.1) is 11.6 Å². The van der Waals surface area contributed by atoms with Crippen LogP contribution in [-0.4, -0.2) is 9.78 Å². The molecule has 3 nitrogen and oxygen atoms in total. The molecule has 0 saturated heterocycles. The second-order valence-corrected chi connectivity index (χ2v) is 4.17. The summed E-state index contributed by atoms with van der Waals surface area (Å²) in [7, 11) is 1.69. The molecule has 2 rings (SSSR count). The third-order valence-electron chi connectivity index (χ3n) is 2.45. The molecule has 19 heavy (non-hydrogen) atoms. The minimum absolute atomic E-state index is 0.0210. The fourth-order valence-corrected chi connectivity index (χ4v) is 1.82. The Balaban J connectivity index is 2.32. The van der Waals surface area contributed by atoms with Gasteiger partial charge in [-0.25, -0.2) is 0 Å². The van der Waals surface area contributed by atoms with E-state index in [0.29, 0.717) is 5.75 Å². The predicted octanol–water partition coefficient (Wildman–Crippen LogP) is 3.97. The van der Waals surface area contributed by atoms with E-state index in [1.54, 1.807) is 13.2 Å². The van der Waals surface area contributed by atoms with Crippen molar-refractivity contribution in [2.24, 2.45) is 7.05 Å². The fourth-order valence-electron chi connectivity index (χ4n) is 1.59. The molecule has 0 amide bonds. The van der Waals surface area contributed by atoms with Crippen LogP contribution >= 0.6 is 11.6 Å². The van der Waals surface area contributed by atoms with Crippen LogP contribution in [0, 0.1) is 0 Å². The highest BCUT2D eigenvalue weighted by Crippen LogP contribution is 2.36. The molecule has 1 aromatic heterocycles. The summed E-state index contributed by atoms with van der Waals surface area (Å²) < 4.78 is 45.3. The molecule has 0 aliphatic rings. The Morgan fingerprint density at radius 3 is 2.58 bits per heavy atom. The second-order valence-electron chi connectivity index (χ2n) is 3.90. The van der Waals surface area contributed by atoms with Crippen molar-refractivity contribution in [3.05, 3.63) is 41.7 Å². The van der Waals surface area contributed by atoms with Gasteiger partial charge in [0, 0.05) is 12.9 Å². The maximum absolute atomic E-state index is 12.8. The second kappa shape index (κ2) is 5.13. The number of aromatic nitrogens is 2. The zero-order chi connectivity index (χ0) is 14.0. The molecule has 0 aliphatic carbocycles. The average molecular weight is 291 g/mol. The summed E-state index contributed by atoms with van der Waals surface area (Å²) in [5.41, 5.74) is -0.767. The van der Waals surface area contributed by atoms with Gasteiger partial charge in [-0.1, -0.05) is 6.07 Å². The van der Waals surface area contributed by atoms with Crippen molar-refractivity contribution >= 4 is 11.6 Å². The SMILES string of the molecule is Cn1cc(Oc2ccc(CCl)c(C(F)(F)F)c2)cn1. The molecule has 1 aromatic carbocycles. The van der Waals surface area contributed by atoms with Crippen LogP contribution in [0.4, 0.5) is 13.2 Å². The first kappa shape index (κ1) is 13.7. The molecule has 0 spiro atoms. The van der Waals surface area contributed by atoms with Gasteiger partial charge in [-0.05, 0) is 17.7 Å². The average Bonchev–Trinajstić information content (AvgIpc) is 2.73. The van der Waals surface area contributed by atoms with Crippen molar-refractivity contribution in [3.8, 4) is 11.5 Å². The molecule has 0 radical (unpaired) electrons. The zero-order valence-corrected chi connectivity index (χ0v) is 10.7. The number of ether oxygens (including phenoxy) is 1. The summed E-state index contributed by atoms with van der Waals surface area (Å²) in [5.74, 6) is 0.255. The molecule has 0 unspecified atom stereocenters. The highest BCUT2D eigenvalue weighted by Gasteiger charge is 2.33. The van der Waals surface area contributed by atoms with E-state index in [-0.39, 0.29) is 17.2 Å². The van der Waals surface area contributed by atoms with Gasteiger partial charge in [0.1, 0.15) is 5.75 Å². The molecule has 0 aliphatic heterocycles. The van der Waals surface area contributed by atoms with E-state index >= 15 is 0 Å². The molecule has 0 bridgehead atoms. The van der Waals surface area contributed by atoms with Gasteiger partial charge in [-0.3, -0.25) is 4.68 Å². The van der Waals surface area contributed by atoms with E-state index in [9.17, 15) is 13.2 Å². The van der Waals surface area contributed by atoms with Crippen LogP contribution in [0.5, 0.6) is 11.5 Å². The highest BCUT2D eigenvalue weighted by molar-refractivity contribution is 6.17. The zero-order valence-electron chi connectivity index (χ0n) is 9.91. The lowest BCUT2D eigenvalue weighted by Crippen LogP contribution is -2.08. The standard InChI is InChI=1S/C12H10ClF3N2O/c1-18-7-10(6-17-18)19-9-3-2-8(5-13)11(4-9)12(14,15)16/h2-4,6-7H,5H2,1H3. The highest BCUT2D eigenvalue weighted by atomic mass is 35.5. The number of aryl methyl sites for hydroxylation is 1. The molecule has 0 atom stereocenters. The normalized spacial score (nSPS) is 11.6. The summed E-state index contributed by atoms with van der Waals surface area (Å²) in [6.07, 6.45) is -1.48. The predicted molar refractivity (Wildman–Crippen MR) is 64.3 cm³/mol. The van der Waals surface area contributed by atoms with Crippen LogP contribution in [0.1, 0.15) is 11.1 Å². The Morgan fingerprint density at radius 1 is 1.32 bits per heavy atom. The number of hydrogen-bond donors (Lipinski definition) is 0. The van der Waals surface area contributed by atoms with E-state index in [0.717, 1.165) is 6.07 Å². The number of benzene rings is 1.